The smallest absolute Gasteiger partial charge is 0.277 e. The number of halogens is 1. The molecule has 2 heterocycles. The topological polar surface area (TPSA) is 77.8 Å². The Labute approximate surface area is 134 Å². The molecule has 7 heteroatoms. The van der Waals surface area contributed by atoms with E-state index in [1.54, 1.807) is 0 Å². The average molecular weight is 365 g/mol. The first kappa shape index (κ1) is 14.4. The molecular formula is C14H13BrN4OS. The van der Waals surface area contributed by atoms with Crippen LogP contribution in [-0.2, 0) is 6.42 Å². The van der Waals surface area contributed by atoms with Crippen molar-refractivity contribution in [3.63, 3.8) is 0 Å². The molecule has 0 amide bonds. The Morgan fingerprint density at radius 3 is 2.71 bits per heavy atom. The van der Waals surface area contributed by atoms with Crippen LogP contribution < -0.4 is 5.73 Å². The maximum atomic E-state index is 5.80. The van der Waals surface area contributed by atoms with Gasteiger partial charge in [-0.1, -0.05) is 33.2 Å². The third-order valence-electron chi connectivity index (χ3n) is 2.87. The summed E-state index contributed by atoms with van der Waals surface area (Å²) >= 11 is 4.91. The Morgan fingerprint density at radius 1 is 1.29 bits per heavy atom. The molecule has 1 atom stereocenters. The van der Waals surface area contributed by atoms with Gasteiger partial charge < -0.3 is 10.3 Å². The summed E-state index contributed by atoms with van der Waals surface area (Å²) in [6, 6.07) is 7.94. The summed E-state index contributed by atoms with van der Waals surface area (Å²) in [7, 11) is 0. The maximum absolute atomic E-state index is 5.80. The third kappa shape index (κ3) is 3.37. The average Bonchev–Trinajstić information content (AvgIpc) is 3.10. The van der Waals surface area contributed by atoms with E-state index in [4.69, 9.17) is 10.3 Å². The van der Waals surface area contributed by atoms with E-state index in [1.165, 1.54) is 11.3 Å². The van der Waals surface area contributed by atoms with E-state index >= 15 is 0 Å². The largest absolute Gasteiger partial charge is 0.332 e. The molecule has 3 rings (SSSR count). The van der Waals surface area contributed by atoms with Crippen LogP contribution in [0.4, 0.5) is 0 Å². The Kier molecular flexibility index (Phi) is 4.14. The molecule has 0 radical (unpaired) electrons. The molecule has 0 saturated carbocycles. The number of hydrogen-bond donors (Lipinski definition) is 1. The van der Waals surface area contributed by atoms with Crippen LogP contribution in [0.5, 0.6) is 0 Å². The van der Waals surface area contributed by atoms with Gasteiger partial charge in [-0.25, -0.2) is 4.98 Å². The van der Waals surface area contributed by atoms with Crippen molar-refractivity contribution in [3.05, 3.63) is 50.5 Å². The fourth-order valence-corrected chi connectivity index (χ4v) is 2.83. The van der Waals surface area contributed by atoms with E-state index < -0.39 is 0 Å². The number of rotatable bonds is 4. The first-order chi connectivity index (χ1) is 10.1. The Bertz CT molecular complexity index is 736. The Balaban J connectivity index is 1.77. The van der Waals surface area contributed by atoms with Gasteiger partial charge >= 0.3 is 0 Å². The number of thiazole rings is 1. The van der Waals surface area contributed by atoms with Gasteiger partial charge in [-0.15, -0.1) is 11.3 Å². The van der Waals surface area contributed by atoms with E-state index in [0.717, 1.165) is 15.0 Å². The van der Waals surface area contributed by atoms with Crippen LogP contribution in [0.2, 0.25) is 0 Å². The van der Waals surface area contributed by atoms with Crippen LogP contribution in [-0.4, -0.2) is 15.1 Å². The summed E-state index contributed by atoms with van der Waals surface area (Å²) in [4.78, 5) is 8.79. The summed E-state index contributed by atoms with van der Waals surface area (Å²) in [5.41, 5.74) is 7.61. The van der Waals surface area contributed by atoms with Crippen LogP contribution in [0.3, 0.4) is 0 Å². The molecule has 2 N–H and O–H groups in total. The fourth-order valence-electron chi connectivity index (χ4n) is 1.81. The number of benzene rings is 1. The molecular weight excluding hydrogens is 352 g/mol. The van der Waals surface area contributed by atoms with Gasteiger partial charge in [-0.05, 0) is 24.6 Å². The fraction of sp³-hybridized carbons (Fsp3) is 0.214. The van der Waals surface area contributed by atoms with Crippen LogP contribution in [0.1, 0.15) is 29.4 Å². The van der Waals surface area contributed by atoms with Crippen LogP contribution in [0.25, 0.3) is 11.6 Å². The third-order valence-corrected chi connectivity index (χ3v) is 4.45. The second-order valence-electron chi connectivity index (χ2n) is 4.68. The zero-order valence-corrected chi connectivity index (χ0v) is 13.7. The van der Waals surface area contributed by atoms with Gasteiger partial charge in [-0.3, -0.25) is 0 Å². The second-order valence-corrected chi connectivity index (χ2v) is 6.48. The van der Waals surface area contributed by atoms with E-state index in [0.29, 0.717) is 23.8 Å². The first-order valence-electron chi connectivity index (χ1n) is 6.40. The minimum absolute atomic E-state index is 0.0890. The lowest BCUT2D eigenvalue weighted by Gasteiger charge is -1.96. The molecule has 2 aromatic heterocycles. The highest BCUT2D eigenvalue weighted by atomic mass is 79.9. The van der Waals surface area contributed by atoms with E-state index in [1.807, 2.05) is 36.6 Å². The molecule has 1 unspecified atom stereocenters. The molecule has 0 spiro atoms. The zero-order valence-electron chi connectivity index (χ0n) is 11.3. The van der Waals surface area contributed by atoms with Crippen LogP contribution >= 0.6 is 27.3 Å². The Hall–Kier alpha value is -1.57. The highest BCUT2D eigenvalue weighted by Crippen LogP contribution is 2.23. The predicted molar refractivity (Wildman–Crippen MR) is 85.0 cm³/mol. The van der Waals surface area contributed by atoms with E-state index in [2.05, 4.69) is 31.1 Å². The zero-order chi connectivity index (χ0) is 14.8. The van der Waals surface area contributed by atoms with Crippen molar-refractivity contribution in [1.82, 2.24) is 15.1 Å². The van der Waals surface area contributed by atoms with Crippen molar-refractivity contribution in [2.75, 3.05) is 0 Å². The van der Waals surface area contributed by atoms with Gasteiger partial charge in [0.25, 0.3) is 5.89 Å². The summed E-state index contributed by atoms with van der Waals surface area (Å²) in [5.74, 6) is 1.08. The minimum Gasteiger partial charge on any atom is -0.332 e. The SMILES string of the molecule is CC(N)c1nc(-c2nc(Cc3ccc(Br)cc3)no2)cs1. The molecule has 0 aliphatic heterocycles. The summed E-state index contributed by atoms with van der Waals surface area (Å²) in [5, 5.41) is 6.74. The summed E-state index contributed by atoms with van der Waals surface area (Å²) < 4.78 is 6.32. The summed E-state index contributed by atoms with van der Waals surface area (Å²) in [6.07, 6.45) is 0.626. The van der Waals surface area contributed by atoms with Gasteiger partial charge in [0.1, 0.15) is 10.7 Å². The highest BCUT2D eigenvalue weighted by molar-refractivity contribution is 9.10. The van der Waals surface area contributed by atoms with Gasteiger partial charge in [0.2, 0.25) is 0 Å². The van der Waals surface area contributed by atoms with E-state index in [9.17, 15) is 0 Å². The normalized spacial score (nSPS) is 12.5. The molecule has 5 nitrogen and oxygen atoms in total. The van der Waals surface area contributed by atoms with Crippen LogP contribution in [0, 0.1) is 0 Å². The lowest BCUT2D eigenvalue weighted by atomic mass is 10.1. The van der Waals surface area contributed by atoms with Crippen LogP contribution in [0.15, 0.2) is 38.6 Å². The lowest BCUT2D eigenvalue weighted by Crippen LogP contribution is -2.03. The summed E-state index contributed by atoms with van der Waals surface area (Å²) in [6.45, 7) is 1.90. The second kappa shape index (κ2) is 6.05. The lowest BCUT2D eigenvalue weighted by molar-refractivity contribution is 0.423. The molecule has 3 aromatic rings. The molecule has 0 fully saturated rings. The molecule has 1 aromatic carbocycles. The molecule has 0 aliphatic rings. The van der Waals surface area contributed by atoms with E-state index in [-0.39, 0.29) is 6.04 Å². The maximum Gasteiger partial charge on any atom is 0.277 e. The number of nitrogens with zero attached hydrogens (tertiary/aromatic N) is 3. The van der Waals surface area contributed by atoms with Crippen molar-refractivity contribution < 1.29 is 4.52 Å². The number of hydrogen-bond acceptors (Lipinski definition) is 6. The van der Waals surface area contributed by atoms with Crippen molar-refractivity contribution in [3.8, 4) is 11.6 Å². The molecule has 21 heavy (non-hydrogen) atoms. The predicted octanol–water partition coefficient (Wildman–Crippen LogP) is 3.57. The quantitative estimate of drug-likeness (QED) is 0.765. The standard InChI is InChI=1S/C14H13BrN4OS/c1-8(16)14-17-11(7-21-14)13-18-12(19-20-13)6-9-2-4-10(15)5-3-9/h2-5,7-8H,6,16H2,1H3. The molecule has 0 bridgehead atoms. The Morgan fingerprint density at radius 2 is 2.05 bits per heavy atom. The van der Waals surface area contributed by atoms with Crippen molar-refractivity contribution in [2.24, 2.45) is 5.73 Å². The monoisotopic (exact) mass is 364 g/mol. The van der Waals surface area contributed by atoms with Crippen molar-refractivity contribution >= 4 is 27.3 Å². The van der Waals surface area contributed by atoms with Crippen molar-refractivity contribution in [2.45, 2.75) is 19.4 Å². The number of nitrogens with two attached hydrogens (primary N) is 1. The van der Waals surface area contributed by atoms with Gasteiger partial charge in [0.15, 0.2) is 5.82 Å². The van der Waals surface area contributed by atoms with Gasteiger partial charge in [0, 0.05) is 16.3 Å². The van der Waals surface area contributed by atoms with Gasteiger partial charge in [-0.2, -0.15) is 4.98 Å². The van der Waals surface area contributed by atoms with Crippen molar-refractivity contribution in [1.29, 1.82) is 0 Å². The molecule has 0 saturated heterocycles. The first-order valence-corrected chi connectivity index (χ1v) is 8.07. The number of aromatic nitrogens is 3. The highest BCUT2D eigenvalue weighted by Gasteiger charge is 2.14. The van der Waals surface area contributed by atoms with Gasteiger partial charge in [0.05, 0.1) is 6.04 Å². The molecule has 108 valence electrons. The minimum atomic E-state index is -0.0890. The molecule has 0 aliphatic carbocycles.